The number of amides is 2. The Morgan fingerprint density at radius 1 is 1.19 bits per heavy atom. The number of rotatable bonds is 7. The third-order valence-corrected chi connectivity index (χ3v) is 7.54. The lowest BCUT2D eigenvalue weighted by Gasteiger charge is -2.17. The maximum absolute atomic E-state index is 12.8. The molecule has 4 rings (SSSR count). The van der Waals surface area contributed by atoms with Gasteiger partial charge in [0.05, 0.1) is 22.8 Å². The Labute approximate surface area is 186 Å². The van der Waals surface area contributed by atoms with Gasteiger partial charge < -0.3 is 15.0 Å². The number of methoxy groups -OCH3 is 1. The molecule has 164 valence electrons. The van der Waals surface area contributed by atoms with Crippen molar-refractivity contribution in [3.63, 3.8) is 0 Å². The average Bonchev–Trinajstić information content (AvgIpc) is 3.51. The summed E-state index contributed by atoms with van der Waals surface area (Å²) in [4.78, 5) is 26.6. The second-order valence-corrected chi connectivity index (χ2v) is 10.3. The molecule has 1 aliphatic heterocycles. The van der Waals surface area contributed by atoms with Gasteiger partial charge in [-0.1, -0.05) is 11.6 Å². The molecule has 1 heterocycles. The fourth-order valence-electron chi connectivity index (χ4n) is 3.66. The van der Waals surface area contributed by atoms with Crippen molar-refractivity contribution < 1.29 is 22.7 Å². The van der Waals surface area contributed by atoms with Crippen molar-refractivity contribution in [2.75, 3.05) is 29.6 Å². The van der Waals surface area contributed by atoms with Crippen LogP contribution in [0.5, 0.6) is 5.75 Å². The first-order chi connectivity index (χ1) is 14.8. The summed E-state index contributed by atoms with van der Waals surface area (Å²) in [6, 6.07) is 9.65. The van der Waals surface area contributed by atoms with Crippen LogP contribution in [-0.4, -0.2) is 39.6 Å². The van der Waals surface area contributed by atoms with E-state index in [-0.39, 0.29) is 28.9 Å². The van der Waals surface area contributed by atoms with Gasteiger partial charge in [-0.3, -0.25) is 9.59 Å². The van der Waals surface area contributed by atoms with Crippen LogP contribution in [0.2, 0.25) is 5.02 Å². The average molecular weight is 463 g/mol. The maximum Gasteiger partial charge on any atom is 0.230 e. The van der Waals surface area contributed by atoms with E-state index in [2.05, 4.69) is 5.32 Å². The van der Waals surface area contributed by atoms with Crippen LogP contribution < -0.4 is 15.0 Å². The third kappa shape index (κ3) is 4.70. The Balaban J connectivity index is 1.39. The molecular formula is C22H23ClN2O5S. The van der Waals surface area contributed by atoms with Gasteiger partial charge in [0.1, 0.15) is 5.75 Å². The number of hydrogen-bond acceptors (Lipinski definition) is 5. The number of anilines is 2. The molecule has 0 saturated heterocycles. The van der Waals surface area contributed by atoms with Crippen LogP contribution in [-0.2, 0) is 25.8 Å². The third-order valence-electron chi connectivity index (χ3n) is 5.53. The van der Waals surface area contributed by atoms with Gasteiger partial charge in [0.25, 0.3) is 0 Å². The lowest BCUT2D eigenvalue weighted by atomic mass is 10.2. The van der Waals surface area contributed by atoms with Crippen molar-refractivity contribution in [1.29, 1.82) is 0 Å². The molecule has 0 unspecified atom stereocenters. The number of nitrogens with one attached hydrogen (secondary N) is 1. The van der Waals surface area contributed by atoms with E-state index >= 15 is 0 Å². The SMILES string of the molecule is COc1ccc(NC(=O)CCS(=O)(=O)c2ccc3c(c2)CCN3C(=O)C2CC2)cc1Cl. The Hall–Kier alpha value is -2.58. The second kappa shape index (κ2) is 8.51. The number of carbonyl (C=O) groups excluding carboxylic acids is 2. The number of carbonyl (C=O) groups is 2. The second-order valence-electron chi connectivity index (χ2n) is 7.77. The van der Waals surface area contributed by atoms with E-state index in [0.717, 1.165) is 24.1 Å². The zero-order valence-corrected chi connectivity index (χ0v) is 18.6. The van der Waals surface area contributed by atoms with Crippen LogP contribution in [0, 0.1) is 5.92 Å². The molecule has 9 heteroatoms. The summed E-state index contributed by atoms with van der Waals surface area (Å²) in [7, 11) is -2.15. The van der Waals surface area contributed by atoms with Crippen LogP contribution in [0.4, 0.5) is 11.4 Å². The highest BCUT2D eigenvalue weighted by atomic mass is 35.5. The van der Waals surface area contributed by atoms with Crippen molar-refractivity contribution in [2.24, 2.45) is 5.92 Å². The van der Waals surface area contributed by atoms with E-state index in [1.54, 1.807) is 35.2 Å². The smallest absolute Gasteiger partial charge is 0.230 e. The topological polar surface area (TPSA) is 92.8 Å². The van der Waals surface area contributed by atoms with E-state index in [1.165, 1.54) is 13.2 Å². The number of benzene rings is 2. The summed E-state index contributed by atoms with van der Waals surface area (Å²) in [6.45, 7) is 0.584. The molecule has 1 saturated carbocycles. The van der Waals surface area contributed by atoms with Gasteiger partial charge in [0.2, 0.25) is 11.8 Å². The van der Waals surface area contributed by atoms with E-state index in [1.807, 2.05) is 0 Å². The molecule has 2 aliphatic rings. The summed E-state index contributed by atoms with van der Waals surface area (Å²) in [5, 5.41) is 2.99. The molecule has 7 nitrogen and oxygen atoms in total. The first-order valence-corrected chi connectivity index (χ1v) is 12.1. The number of ether oxygens (including phenoxy) is 1. The minimum absolute atomic E-state index is 0.119. The van der Waals surface area contributed by atoms with Crippen LogP contribution >= 0.6 is 11.6 Å². The maximum atomic E-state index is 12.8. The molecule has 2 aromatic rings. The van der Waals surface area contributed by atoms with Crippen LogP contribution in [0.25, 0.3) is 0 Å². The van der Waals surface area contributed by atoms with Gasteiger partial charge in [0, 0.05) is 30.3 Å². The molecule has 0 atom stereocenters. The normalized spacial score (nSPS) is 15.5. The van der Waals surface area contributed by atoms with Gasteiger partial charge in [-0.15, -0.1) is 0 Å². The zero-order valence-electron chi connectivity index (χ0n) is 17.1. The summed E-state index contributed by atoms with van der Waals surface area (Å²) in [5.74, 6) is -0.00629. The molecule has 0 aromatic heterocycles. The van der Waals surface area contributed by atoms with E-state index in [9.17, 15) is 18.0 Å². The Bertz CT molecular complexity index is 1140. The molecule has 2 amide bonds. The van der Waals surface area contributed by atoms with Gasteiger partial charge >= 0.3 is 0 Å². The van der Waals surface area contributed by atoms with Gasteiger partial charge in [-0.2, -0.15) is 0 Å². The first kappa shape index (κ1) is 21.6. The summed E-state index contributed by atoms with van der Waals surface area (Å²) >= 11 is 6.04. The lowest BCUT2D eigenvalue weighted by Crippen LogP contribution is -2.30. The molecule has 1 aliphatic carbocycles. The van der Waals surface area contributed by atoms with Gasteiger partial charge in [-0.25, -0.2) is 8.42 Å². The van der Waals surface area contributed by atoms with Crippen molar-refractivity contribution in [1.82, 2.24) is 0 Å². The number of halogens is 1. The monoisotopic (exact) mass is 462 g/mol. The first-order valence-electron chi connectivity index (χ1n) is 10.1. The quantitative estimate of drug-likeness (QED) is 0.680. The van der Waals surface area contributed by atoms with Crippen LogP contribution in [0.15, 0.2) is 41.3 Å². The molecule has 1 fully saturated rings. The molecule has 1 N–H and O–H groups in total. The van der Waals surface area contributed by atoms with Crippen molar-refractivity contribution in [2.45, 2.75) is 30.6 Å². The van der Waals surface area contributed by atoms with Crippen molar-refractivity contribution in [3.05, 3.63) is 47.0 Å². The predicted octanol–water partition coefficient (Wildman–Crippen LogP) is 3.45. The van der Waals surface area contributed by atoms with E-state index in [4.69, 9.17) is 16.3 Å². The van der Waals surface area contributed by atoms with E-state index in [0.29, 0.717) is 29.4 Å². The number of sulfone groups is 1. The molecular weight excluding hydrogens is 440 g/mol. The predicted molar refractivity (Wildman–Crippen MR) is 119 cm³/mol. The fraction of sp³-hybridized carbons (Fsp3) is 0.364. The Morgan fingerprint density at radius 2 is 1.97 bits per heavy atom. The van der Waals surface area contributed by atoms with E-state index < -0.39 is 15.7 Å². The summed E-state index contributed by atoms with van der Waals surface area (Å²) < 4.78 is 30.6. The summed E-state index contributed by atoms with van der Waals surface area (Å²) in [6.07, 6.45) is 2.31. The van der Waals surface area contributed by atoms with Crippen LogP contribution in [0.1, 0.15) is 24.8 Å². The Morgan fingerprint density at radius 3 is 2.65 bits per heavy atom. The molecule has 0 radical (unpaired) electrons. The molecule has 2 aromatic carbocycles. The van der Waals surface area contributed by atoms with Crippen LogP contribution in [0.3, 0.4) is 0 Å². The number of fused-ring (bicyclic) bond motifs is 1. The van der Waals surface area contributed by atoms with Gasteiger partial charge in [-0.05, 0) is 61.2 Å². The molecule has 0 bridgehead atoms. The van der Waals surface area contributed by atoms with Crippen molar-refractivity contribution >= 4 is 44.6 Å². The number of hydrogen-bond donors (Lipinski definition) is 1. The molecule has 0 spiro atoms. The lowest BCUT2D eigenvalue weighted by molar-refractivity contribution is -0.119. The molecule has 31 heavy (non-hydrogen) atoms. The summed E-state index contributed by atoms with van der Waals surface area (Å²) in [5.41, 5.74) is 2.11. The fourth-order valence-corrected chi connectivity index (χ4v) is 5.21. The largest absolute Gasteiger partial charge is 0.495 e. The van der Waals surface area contributed by atoms with Gasteiger partial charge in [0.15, 0.2) is 9.84 Å². The minimum Gasteiger partial charge on any atom is -0.495 e. The minimum atomic E-state index is -3.64. The highest BCUT2D eigenvalue weighted by molar-refractivity contribution is 7.91. The number of nitrogens with zero attached hydrogens (tertiary/aromatic N) is 1. The highest BCUT2D eigenvalue weighted by Crippen LogP contribution is 2.37. The Kier molecular flexibility index (Phi) is 5.94. The highest BCUT2D eigenvalue weighted by Gasteiger charge is 2.36. The van der Waals surface area contributed by atoms with Crippen molar-refractivity contribution in [3.8, 4) is 5.75 Å². The standard InChI is InChI=1S/C22H23ClN2O5S/c1-30-20-7-4-16(13-18(20)23)24-21(26)9-11-31(28,29)17-5-6-19-15(12-17)8-10-25(19)22(27)14-2-3-14/h4-7,12-14H,2-3,8-11H2,1H3,(H,24,26). The zero-order chi connectivity index (χ0) is 22.2.